The van der Waals surface area contributed by atoms with Crippen LogP contribution in [0.15, 0.2) is 23.1 Å². The van der Waals surface area contributed by atoms with Crippen LogP contribution in [0, 0.1) is 5.82 Å². The number of carbonyl (C=O) groups is 1. The van der Waals surface area contributed by atoms with E-state index in [4.69, 9.17) is 0 Å². The lowest BCUT2D eigenvalue weighted by molar-refractivity contribution is -0.114. The van der Waals surface area contributed by atoms with E-state index in [1.54, 1.807) is 0 Å². The normalized spacial score (nSPS) is 16.9. The number of benzene rings is 1. The Balaban J connectivity index is 2.33. The SMILES string of the molecule is CC(=O)Nc1cc(S(=O)(=O)N2CCNCC2)ccc1F. The third-order valence-corrected chi connectivity index (χ3v) is 4.86. The second-order valence-corrected chi connectivity index (χ2v) is 6.41. The zero-order chi connectivity index (χ0) is 14.8. The van der Waals surface area contributed by atoms with Crippen LogP contribution in [0.25, 0.3) is 0 Å². The number of amides is 1. The van der Waals surface area contributed by atoms with Gasteiger partial charge in [-0.1, -0.05) is 0 Å². The van der Waals surface area contributed by atoms with Crippen LogP contribution in [0.5, 0.6) is 0 Å². The maximum Gasteiger partial charge on any atom is 0.243 e. The summed E-state index contributed by atoms with van der Waals surface area (Å²) < 4.78 is 39.7. The molecule has 6 nitrogen and oxygen atoms in total. The number of piperazine rings is 1. The van der Waals surface area contributed by atoms with Gasteiger partial charge in [0.05, 0.1) is 10.6 Å². The number of hydrogen-bond acceptors (Lipinski definition) is 4. The lowest BCUT2D eigenvalue weighted by Crippen LogP contribution is -2.46. The number of nitrogens with one attached hydrogen (secondary N) is 2. The van der Waals surface area contributed by atoms with Gasteiger partial charge in [0.25, 0.3) is 0 Å². The lowest BCUT2D eigenvalue weighted by atomic mass is 10.3. The van der Waals surface area contributed by atoms with E-state index in [9.17, 15) is 17.6 Å². The molecule has 20 heavy (non-hydrogen) atoms. The van der Waals surface area contributed by atoms with E-state index in [1.807, 2.05) is 0 Å². The van der Waals surface area contributed by atoms with E-state index < -0.39 is 21.7 Å². The van der Waals surface area contributed by atoms with Crippen LogP contribution in [-0.2, 0) is 14.8 Å². The van der Waals surface area contributed by atoms with Gasteiger partial charge in [-0.2, -0.15) is 4.31 Å². The predicted octanol–water partition coefficient (Wildman–Crippen LogP) is 0.378. The van der Waals surface area contributed by atoms with Gasteiger partial charge in [-0.15, -0.1) is 0 Å². The zero-order valence-electron chi connectivity index (χ0n) is 11.0. The van der Waals surface area contributed by atoms with Gasteiger partial charge in [0.15, 0.2) is 0 Å². The first kappa shape index (κ1) is 14.9. The number of nitrogens with zero attached hydrogens (tertiary/aromatic N) is 1. The van der Waals surface area contributed by atoms with Crippen LogP contribution in [0.4, 0.5) is 10.1 Å². The molecule has 2 rings (SSSR count). The quantitative estimate of drug-likeness (QED) is 0.846. The number of hydrogen-bond donors (Lipinski definition) is 2. The van der Waals surface area contributed by atoms with Crippen LogP contribution in [0.3, 0.4) is 0 Å². The molecule has 0 spiro atoms. The van der Waals surface area contributed by atoms with Gasteiger partial charge >= 0.3 is 0 Å². The van der Waals surface area contributed by atoms with Gasteiger partial charge < -0.3 is 10.6 Å². The van der Waals surface area contributed by atoms with Gasteiger partial charge in [0, 0.05) is 33.1 Å². The first-order valence-electron chi connectivity index (χ1n) is 6.19. The van der Waals surface area contributed by atoms with Crippen molar-refractivity contribution in [1.82, 2.24) is 9.62 Å². The molecule has 1 aliphatic rings. The number of sulfonamides is 1. The number of rotatable bonds is 3. The molecule has 0 aromatic heterocycles. The summed E-state index contributed by atoms with van der Waals surface area (Å²) in [6, 6.07) is 3.40. The molecule has 0 unspecified atom stereocenters. The summed E-state index contributed by atoms with van der Waals surface area (Å²) in [6.45, 7) is 3.14. The van der Waals surface area contributed by atoms with E-state index in [2.05, 4.69) is 10.6 Å². The lowest BCUT2D eigenvalue weighted by Gasteiger charge is -2.26. The Kier molecular flexibility index (Phi) is 4.36. The van der Waals surface area contributed by atoms with E-state index in [-0.39, 0.29) is 10.6 Å². The molecule has 1 aromatic carbocycles. The summed E-state index contributed by atoms with van der Waals surface area (Å²) >= 11 is 0. The molecule has 8 heteroatoms. The molecule has 0 atom stereocenters. The van der Waals surface area contributed by atoms with Crippen LogP contribution in [0.2, 0.25) is 0 Å². The van der Waals surface area contributed by atoms with Crippen LogP contribution in [0.1, 0.15) is 6.92 Å². The highest BCUT2D eigenvalue weighted by molar-refractivity contribution is 7.89. The molecule has 1 saturated heterocycles. The highest BCUT2D eigenvalue weighted by atomic mass is 32.2. The summed E-state index contributed by atoms with van der Waals surface area (Å²) in [5.41, 5.74) is -0.131. The Bertz CT molecular complexity index is 612. The topological polar surface area (TPSA) is 78.5 Å². The third kappa shape index (κ3) is 3.14. The van der Waals surface area contributed by atoms with Crippen LogP contribution >= 0.6 is 0 Å². The number of anilines is 1. The average molecular weight is 301 g/mol. The van der Waals surface area contributed by atoms with E-state index in [1.165, 1.54) is 17.3 Å². The number of halogens is 1. The Morgan fingerprint density at radius 1 is 1.35 bits per heavy atom. The Morgan fingerprint density at radius 3 is 2.60 bits per heavy atom. The van der Waals surface area contributed by atoms with Gasteiger partial charge in [-0.05, 0) is 18.2 Å². The molecule has 0 saturated carbocycles. The Morgan fingerprint density at radius 2 is 2.00 bits per heavy atom. The molecule has 0 radical (unpaired) electrons. The van der Waals surface area contributed by atoms with Crippen molar-refractivity contribution in [3.63, 3.8) is 0 Å². The summed E-state index contributed by atoms with van der Waals surface area (Å²) in [6.07, 6.45) is 0. The molecule has 110 valence electrons. The fourth-order valence-electron chi connectivity index (χ4n) is 1.98. The summed E-state index contributed by atoms with van der Waals surface area (Å²) in [4.78, 5) is 11.0. The smallest absolute Gasteiger partial charge is 0.243 e. The van der Waals surface area contributed by atoms with Crippen molar-refractivity contribution in [3.05, 3.63) is 24.0 Å². The van der Waals surface area contributed by atoms with Crippen LogP contribution in [-0.4, -0.2) is 44.8 Å². The molecular weight excluding hydrogens is 285 g/mol. The van der Waals surface area contributed by atoms with Crippen molar-refractivity contribution in [3.8, 4) is 0 Å². The molecule has 0 bridgehead atoms. The standard InChI is InChI=1S/C12H16FN3O3S/c1-9(17)15-12-8-10(2-3-11(12)13)20(18,19)16-6-4-14-5-7-16/h2-3,8,14H,4-7H2,1H3,(H,15,17). The van der Waals surface area contributed by atoms with Crippen molar-refractivity contribution in [2.75, 3.05) is 31.5 Å². The van der Waals surface area contributed by atoms with Crippen molar-refractivity contribution >= 4 is 21.6 Å². The van der Waals surface area contributed by atoms with Gasteiger partial charge in [0.1, 0.15) is 5.82 Å². The summed E-state index contributed by atoms with van der Waals surface area (Å²) in [7, 11) is -3.66. The third-order valence-electron chi connectivity index (χ3n) is 2.96. The maximum atomic E-state index is 13.5. The minimum absolute atomic E-state index is 0.0236. The predicted molar refractivity (Wildman–Crippen MR) is 72.3 cm³/mol. The van der Waals surface area contributed by atoms with E-state index >= 15 is 0 Å². The van der Waals surface area contributed by atoms with Gasteiger partial charge in [-0.3, -0.25) is 4.79 Å². The molecular formula is C12H16FN3O3S. The minimum atomic E-state index is -3.66. The fourth-order valence-corrected chi connectivity index (χ4v) is 3.45. The molecule has 1 heterocycles. The first-order valence-corrected chi connectivity index (χ1v) is 7.63. The minimum Gasteiger partial charge on any atom is -0.324 e. The molecule has 1 amide bonds. The largest absolute Gasteiger partial charge is 0.324 e. The highest BCUT2D eigenvalue weighted by Crippen LogP contribution is 2.22. The molecule has 0 aliphatic carbocycles. The van der Waals surface area contributed by atoms with Crippen molar-refractivity contribution < 1.29 is 17.6 Å². The highest BCUT2D eigenvalue weighted by Gasteiger charge is 2.26. The number of carbonyl (C=O) groups excluding carboxylic acids is 1. The first-order chi connectivity index (χ1) is 9.41. The molecule has 1 fully saturated rings. The fraction of sp³-hybridized carbons (Fsp3) is 0.417. The molecule has 1 aliphatic heterocycles. The van der Waals surface area contributed by atoms with Crippen molar-refractivity contribution in [2.45, 2.75) is 11.8 Å². The van der Waals surface area contributed by atoms with E-state index in [0.717, 1.165) is 12.1 Å². The Hall–Kier alpha value is -1.51. The zero-order valence-corrected chi connectivity index (χ0v) is 11.8. The van der Waals surface area contributed by atoms with Crippen molar-refractivity contribution in [2.24, 2.45) is 0 Å². The monoisotopic (exact) mass is 301 g/mol. The van der Waals surface area contributed by atoms with Crippen molar-refractivity contribution in [1.29, 1.82) is 0 Å². The van der Waals surface area contributed by atoms with Gasteiger partial charge in [0.2, 0.25) is 15.9 Å². The molecule has 1 aromatic rings. The summed E-state index contributed by atoms with van der Waals surface area (Å²) in [5, 5.41) is 5.34. The molecule has 2 N–H and O–H groups in total. The van der Waals surface area contributed by atoms with E-state index in [0.29, 0.717) is 26.2 Å². The Labute approximate surface area is 117 Å². The van der Waals surface area contributed by atoms with Crippen LogP contribution < -0.4 is 10.6 Å². The second-order valence-electron chi connectivity index (χ2n) is 4.48. The van der Waals surface area contributed by atoms with Gasteiger partial charge in [-0.25, -0.2) is 12.8 Å². The second kappa shape index (κ2) is 5.86. The maximum absolute atomic E-state index is 13.5. The summed E-state index contributed by atoms with van der Waals surface area (Å²) in [5.74, 6) is -1.12. The average Bonchev–Trinajstić information content (AvgIpc) is 2.41.